The van der Waals surface area contributed by atoms with E-state index in [-0.39, 0.29) is 18.1 Å². The van der Waals surface area contributed by atoms with E-state index in [0.29, 0.717) is 18.5 Å². The molecule has 0 spiro atoms. The molecule has 0 unspecified atom stereocenters. The van der Waals surface area contributed by atoms with Crippen molar-refractivity contribution >= 4 is 29.1 Å². The van der Waals surface area contributed by atoms with Crippen molar-refractivity contribution in [2.24, 2.45) is 0 Å². The standard InChI is InChI=1S/C19H18FN3O3/c20-15-4-1-2-5-16(15)22-17(24)12-21-19(26)13-7-9-14(10-8-13)23-11-3-6-18(23)25/h1-2,4-5,7-10H,3,6,11-12H2,(H,21,26)(H,22,24). The molecule has 2 aromatic rings. The molecule has 2 N–H and O–H groups in total. The van der Waals surface area contributed by atoms with Gasteiger partial charge in [-0.3, -0.25) is 14.4 Å². The highest BCUT2D eigenvalue weighted by molar-refractivity contribution is 6.00. The van der Waals surface area contributed by atoms with Gasteiger partial charge in [0, 0.05) is 24.2 Å². The monoisotopic (exact) mass is 355 g/mol. The summed E-state index contributed by atoms with van der Waals surface area (Å²) < 4.78 is 13.5. The summed E-state index contributed by atoms with van der Waals surface area (Å²) in [4.78, 5) is 37.4. The Morgan fingerprint density at radius 1 is 1.08 bits per heavy atom. The van der Waals surface area contributed by atoms with Crippen molar-refractivity contribution in [2.75, 3.05) is 23.3 Å². The third kappa shape index (κ3) is 4.05. The number of amides is 3. The van der Waals surface area contributed by atoms with E-state index in [9.17, 15) is 18.8 Å². The number of rotatable bonds is 5. The van der Waals surface area contributed by atoms with Gasteiger partial charge < -0.3 is 15.5 Å². The lowest BCUT2D eigenvalue weighted by Crippen LogP contribution is -2.33. The number of halogens is 1. The van der Waals surface area contributed by atoms with Crippen LogP contribution in [0.25, 0.3) is 0 Å². The van der Waals surface area contributed by atoms with Crippen LogP contribution in [0.1, 0.15) is 23.2 Å². The summed E-state index contributed by atoms with van der Waals surface area (Å²) in [6.07, 6.45) is 1.37. The molecule has 26 heavy (non-hydrogen) atoms. The molecule has 6 nitrogen and oxygen atoms in total. The first kappa shape index (κ1) is 17.6. The Balaban J connectivity index is 1.54. The lowest BCUT2D eigenvalue weighted by atomic mass is 10.2. The zero-order valence-electron chi connectivity index (χ0n) is 14.0. The number of hydrogen-bond donors (Lipinski definition) is 2. The number of carbonyl (C=O) groups is 3. The van der Waals surface area contributed by atoms with Gasteiger partial charge in [0.15, 0.2) is 0 Å². The summed E-state index contributed by atoms with van der Waals surface area (Å²) in [5, 5.41) is 4.88. The summed E-state index contributed by atoms with van der Waals surface area (Å²) in [5.41, 5.74) is 1.19. The minimum absolute atomic E-state index is 0.0615. The maximum atomic E-state index is 13.5. The second-order valence-electron chi connectivity index (χ2n) is 5.91. The fourth-order valence-electron chi connectivity index (χ4n) is 2.73. The van der Waals surface area contributed by atoms with Gasteiger partial charge in [0.05, 0.1) is 12.2 Å². The highest BCUT2D eigenvalue weighted by Crippen LogP contribution is 2.21. The van der Waals surface area contributed by atoms with Gasteiger partial charge in [-0.25, -0.2) is 4.39 Å². The van der Waals surface area contributed by atoms with E-state index in [2.05, 4.69) is 10.6 Å². The predicted octanol–water partition coefficient (Wildman–Crippen LogP) is 2.32. The maximum Gasteiger partial charge on any atom is 0.251 e. The van der Waals surface area contributed by atoms with E-state index in [4.69, 9.17) is 0 Å². The number of anilines is 2. The normalized spacial score (nSPS) is 13.6. The summed E-state index contributed by atoms with van der Waals surface area (Å²) in [6.45, 7) is 0.403. The van der Waals surface area contributed by atoms with E-state index in [1.54, 1.807) is 35.2 Å². The van der Waals surface area contributed by atoms with Gasteiger partial charge in [-0.1, -0.05) is 12.1 Å². The fraction of sp³-hybridized carbons (Fsp3) is 0.211. The quantitative estimate of drug-likeness (QED) is 0.864. The van der Waals surface area contributed by atoms with Gasteiger partial charge in [0.25, 0.3) is 5.91 Å². The highest BCUT2D eigenvalue weighted by atomic mass is 19.1. The summed E-state index contributed by atoms with van der Waals surface area (Å²) in [7, 11) is 0. The van der Waals surface area contributed by atoms with E-state index >= 15 is 0 Å². The summed E-state index contributed by atoms with van der Waals surface area (Å²) >= 11 is 0. The first-order valence-electron chi connectivity index (χ1n) is 8.27. The van der Waals surface area contributed by atoms with Gasteiger partial charge in [-0.2, -0.15) is 0 Å². The molecule has 1 aliphatic heterocycles. The van der Waals surface area contributed by atoms with Crippen LogP contribution in [0.3, 0.4) is 0 Å². The van der Waals surface area contributed by atoms with Crippen LogP contribution in [0.5, 0.6) is 0 Å². The van der Waals surface area contributed by atoms with Crippen molar-refractivity contribution in [3.8, 4) is 0 Å². The van der Waals surface area contributed by atoms with Crippen LogP contribution in [-0.2, 0) is 9.59 Å². The molecular formula is C19H18FN3O3. The average Bonchev–Trinajstić information content (AvgIpc) is 3.08. The third-order valence-corrected chi connectivity index (χ3v) is 4.07. The molecule has 1 saturated heterocycles. The zero-order valence-corrected chi connectivity index (χ0v) is 14.0. The first-order valence-corrected chi connectivity index (χ1v) is 8.27. The molecule has 0 saturated carbocycles. The lowest BCUT2D eigenvalue weighted by Gasteiger charge is -2.15. The van der Waals surface area contributed by atoms with Crippen molar-refractivity contribution in [1.82, 2.24) is 5.32 Å². The Bertz CT molecular complexity index is 836. The highest BCUT2D eigenvalue weighted by Gasteiger charge is 2.21. The Labute approximate surface area is 150 Å². The molecule has 0 atom stereocenters. The van der Waals surface area contributed by atoms with E-state index in [0.717, 1.165) is 12.1 Å². The molecule has 3 amide bonds. The second kappa shape index (κ2) is 7.77. The van der Waals surface area contributed by atoms with Crippen molar-refractivity contribution in [2.45, 2.75) is 12.8 Å². The van der Waals surface area contributed by atoms with Crippen LogP contribution in [0.15, 0.2) is 48.5 Å². The van der Waals surface area contributed by atoms with Gasteiger partial charge in [-0.05, 0) is 42.8 Å². The number of carbonyl (C=O) groups excluding carboxylic acids is 3. The van der Waals surface area contributed by atoms with Gasteiger partial charge in [-0.15, -0.1) is 0 Å². The molecule has 2 aromatic carbocycles. The Morgan fingerprint density at radius 3 is 2.46 bits per heavy atom. The van der Waals surface area contributed by atoms with Crippen LogP contribution in [-0.4, -0.2) is 30.8 Å². The first-order chi connectivity index (χ1) is 12.5. The lowest BCUT2D eigenvalue weighted by molar-refractivity contribution is -0.117. The molecule has 1 aliphatic rings. The summed E-state index contributed by atoms with van der Waals surface area (Å²) in [5.74, 6) is -1.41. The van der Waals surface area contributed by atoms with Crippen molar-refractivity contribution < 1.29 is 18.8 Å². The minimum Gasteiger partial charge on any atom is -0.343 e. The van der Waals surface area contributed by atoms with E-state index in [1.807, 2.05) is 0 Å². The molecule has 3 rings (SSSR count). The largest absolute Gasteiger partial charge is 0.343 e. The molecule has 1 fully saturated rings. The van der Waals surface area contributed by atoms with Crippen molar-refractivity contribution in [3.05, 3.63) is 59.9 Å². The van der Waals surface area contributed by atoms with E-state index in [1.165, 1.54) is 18.2 Å². The molecule has 0 radical (unpaired) electrons. The van der Waals surface area contributed by atoms with Crippen LogP contribution < -0.4 is 15.5 Å². The van der Waals surface area contributed by atoms with Crippen LogP contribution in [0.4, 0.5) is 15.8 Å². The number of benzene rings is 2. The van der Waals surface area contributed by atoms with Crippen LogP contribution in [0.2, 0.25) is 0 Å². The molecule has 1 heterocycles. The number of nitrogens with zero attached hydrogens (tertiary/aromatic N) is 1. The van der Waals surface area contributed by atoms with Gasteiger partial charge in [0.1, 0.15) is 5.82 Å². The van der Waals surface area contributed by atoms with Crippen molar-refractivity contribution in [1.29, 1.82) is 0 Å². The smallest absolute Gasteiger partial charge is 0.251 e. The SMILES string of the molecule is O=C(CNC(=O)c1ccc(N2CCCC2=O)cc1)Nc1ccccc1F. The topological polar surface area (TPSA) is 78.5 Å². The molecule has 7 heteroatoms. The van der Waals surface area contributed by atoms with Crippen LogP contribution in [0, 0.1) is 5.82 Å². The molecule has 0 aliphatic carbocycles. The number of para-hydroxylation sites is 1. The minimum atomic E-state index is -0.542. The van der Waals surface area contributed by atoms with Gasteiger partial charge in [0.2, 0.25) is 11.8 Å². The number of nitrogens with one attached hydrogen (secondary N) is 2. The Morgan fingerprint density at radius 2 is 1.81 bits per heavy atom. The summed E-state index contributed by atoms with van der Waals surface area (Å²) in [6, 6.07) is 12.4. The molecule has 134 valence electrons. The van der Waals surface area contributed by atoms with Crippen molar-refractivity contribution in [3.63, 3.8) is 0 Å². The zero-order chi connectivity index (χ0) is 18.5. The molecule has 0 bridgehead atoms. The fourth-order valence-corrected chi connectivity index (χ4v) is 2.73. The maximum absolute atomic E-state index is 13.5. The van der Waals surface area contributed by atoms with Crippen LogP contribution >= 0.6 is 0 Å². The Kier molecular flexibility index (Phi) is 5.26. The third-order valence-electron chi connectivity index (χ3n) is 4.07. The van der Waals surface area contributed by atoms with Gasteiger partial charge >= 0.3 is 0 Å². The Hall–Kier alpha value is -3.22. The van der Waals surface area contributed by atoms with E-state index < -0.39 is 17.6 Å². The molecular weight excluding hydrogens is 337 g/mol. The second-order valence-corrected chi connectivity index (χ2v) is 5.91. The number of hydrogen-bond acceptors (Lipinski definition) is 3. The molecule has 0 aromatic heterocycles. The average molecular weight is 355 g/mol. The predicted molar refractivity (Wildman–Crippen MR) is 95.4 cm³/mol.